The number of carbonyl (C=O) groups excluding carboxylic acids is 2. The lowest BCUT2D eigenvalue weighted by Crippen LogP contribution is -2.09. The molecular weight excluding hydrogens is 212 g/mol. The summed E-state index contributed by atoms with van der Waals surface area (Å²) in [4.78, 5) is 23.0. The molecule has 0 saturated carbocycles. The summed E-state index contributed by atoms with van der Waals surface area (Å²) in [5, 5.41) is 0. The zero-order valence-electron chi connectivity index (χ0n) is 9.98. The van der Waals surface area contributed by atoms with Crippen LogP contribution in [0.3, 0.4) is 0 Å². The van der Waals surface area contributed by atoms with Crippen LogP contribution >= 0.6 is 0 Å². The topological polar surface area (TPSA) is 34.1 Å². The predicted octanol–water partition coefficient (Wildman–Crippen LogP) is 3.18. The molecule has 1 aromatic carbocycles. The third-order valence-electron chi connectivity index (χ3n) is 3.45. The number of hydrogen-bond acceptors (Lipinski definition) is 2. The molecule has 1 atom stereocenters. The van der Waals surface area contributed by atoms with Gasteiger partial charge in [-0.1, -0.05) is 35.9 Å². The largest absolute Gasteiger partial charge is 0.298 e. The Morgan fingerprint density at radius 1 is 1.35 bits per heavy atom. The monoisotopic (exact) mass is 228 g/mol. The molecule has 0 aromatic heterocycles. The van der Waals surface area contributed by atoms with Gasteiger partial charge >= 0.3 is 0 Å². The lowest BCUT2D eigenvalue weighted by molar-refractivity contribution is -0.105. The van der Waals surface area contributed by atoms with E-state index in [1.54, 1.807) is 0 Å². The summed E-state index contributed by atoms with van der Waals surface area (Å²) < 4.78 is 0. The second-order valence-electron chi connectivity index (χ2n) is 4.58. The van der Waals surface area contributed by atoms with Crippen LogP contribution in [0.2, 0.25) is 0 Å². The van der Waals surface area contributed by atoms with Crippen LogP contribution in [-0.4, -0.2) is 12.1 Å². The highest BCUT2D eigenvalue weighted by Gasteiger charge is 2.25. The van der Waals surface area contributed by atoms with Gasteiger partial charge in [-0.05, 0) is 31.3 Å². The second-order valence-corrected chi connectivity index (χ2v) is 4.58. The van der Waals surface area contributed by atoms with Crippen LogP contribution in [-0.2, 0) is 4.79 Å². The molecule has 0 spiro atoms. The van der Waals surface area contributed by atoms with Crippen LogP contribution < -0.4 is 0 Å². The van der Waals surface area contributed by atoms with Crippen LogP contribution in [0, 0.1) is 5.92 Å². The van der Waals surface area contributed by atoms with Gasteiger partial charge in [-0.15, -0.1) is 0 Å². The van der Waals surface area contributed by atoms with Gasteiger partial charge in [0, 0.05) is 12.0 Å². The van der Waals surface area contributed by atoms with Gasteiger partial charge in [0.05, 0.1) is 0 Å². The summed E-state index contributed by atoms with van der Waals surface area (Å²) in [6.07, 6.45) is 3.25. The summed E-state index contributed by atoms with van der Waals surface area (Å²) in [6, 6.07) is 9.28. The maximum absolute atomic E-state index is 12.0. The van der Waals surface area contributed by atoms with Crippen molar-refractivity contribution in [3.8, 4) is 0 Å². The predicted molar refractivity (Wildman–Crippen MR) is 66.9 cm³/mol. The molecule has 2 heteroatoms. The van der Waals surface area contributed by atoms with Gasteiger partial charge in [-0.2, -0.15) is 0 Å². The molecular formula is C15H16O2. The Morgan fingerprint density at radius 3 is 2.71 bits per heavy atom. The number of rotatable bonds is 4. The number of Topliss-reactive ketones (excluding diaryl/α,β-unsaturated/α-hetero) is 1. The van der Waals surface area contributed by atoms with E-state index < -0.39 is 0 Å². The second kappa shape index (κ2) is 5.09. The van der Waals surface area contributed by atoms with Crippen molar-refractivity contribution in [3.05, 3.63) is 47.0 Å². The number of allylic oxidation sites excluding steroid dienone is 2. The van der Waals surface area contributed by atoms with E-state index in [9.17, 15) is 9.59 Å². The summed E-state index contributed by atoms with van der Waals surface area (Å²) in [5.41, 5.74) is 2.72. The zero-order chi connectivity index (χ0) is 12.3. The minimum Gasteiger partial charge on any atom is -0.298 e. The molecule has 0 fully saturated rings. The molecule has 1 aliphatic rings. The van der Waals surface area contributed by atoms with Gasteiger partial charge in [0.1, 0.15) is 6.29 Å². The Bertz CT molecular complexity index is 457. The zero-order valence-corrected chi connectivity index (χ0v) is 9.98. The molecule has 2 nitrogen and oxygen atoms in total. The van der Waals surface area contributed by atoms with Crippen molar-refractivity contribution in [3.63, 3.8) is 0 Å². The van der Waals surface area contributed by atoms with E-state index in [2.05, 4.69) is 0 Å². The Kier molecular flexibility index (Phi) is 3.52. The van der Waals surface area contributed by atoms with E-state index in [0.29, 0.717) is 6.42 Å². The number of ketones is 1. The number of benzene rings is 1. The fraction of sp³-hybridized carbons (Fsp3) is 0.333. The summed E-state index contributed by atoms with van der Waals surface area (Å²) in [6.45, 7) is 1.98. The smallest absolute Gasteiger partial charge is 0.163 e. The molecule has 88 valence electrons. The van der Waals surface area contributed by atoms with Gasteiger partial charge < -0.3 is 0 Å². The third kappa shape index (κ3) is 2.52. The highest BCUT2D eigenvalue weighted by molar-refractivity contribution is 5.97. The average molecular weight is 228 g/mol. The van der Waals surface area contributed by atoms with Gasteiger partial charge in [-0.25, -0.2) is 0 Å². The molecule has 0 amide bonds. The van der Waals surface area contributed by atoms with E-state index in [4.69, 9.17) is 0 Å². The molecule has 1 aliphatic carbocycles. The van der Waals surface area contributed by atoms with Crippen molar-refractivity contribution in [1.29, 1.82) is 0 Å². The molecule has 0 bridgehead atoms. The average Bonchev–Trinajstić information content (AvgIpc) is 2.71. The van der Waals surface area contributed by atoms with E-state index in [1.165, 1.54) is 0 Å². The van der Waals surface area contributed by atoms with E-state index in [-0.39, 0.29) is 11.7 Å². The Balaban J connectivity index is 2.08. The molecule has 17 heavy (non-hydrogen) atoms. The first-order valence-electron chi connectivity index (χ1n) is 5.95. The van der Waals surface area contributed by atoms with Crippen LogP contribution in [0.4, 0.5) is 0 Å². The highest BCUT2D eigenvalue weighted by Crippen LogP contribution is 2.33. The van der Waals surface area contributed by atoms with Crippen LogP contribution in [0.5, 0.6) is 0 Å². The van der Waals surface area contributed by atoms with Crippen molar-refractivity contribution in [1.82, 2.24) is 0 Å². The molecule has 0 aliphatic heterocycles. The lowest BCUT2D eigenvalue weighted by atomic mass is 9.93. The van der Waals surface area contributed by atoms with Crippen molar-refractivity contribution < 1.29 is 9.59 Å². The standard InChI is InChI=1S/C15H16O2/c1-11-7-8-13(14(11)10-16)9-15(17)12-5-3-2-4-6-12/h2-6,10,13H,7-9H2,1H3/t13-/m1/s1. The van der Waals surface area contributed by atoms with Gasteiger partial charge in [0.25, 0.3) is 0 Å². The van der Waals surface area contributed by atoms with Crippen LogP contribution in [0.15, 0.2) is 41.5 Å². The summed E-state index contributed by atoms with van der Waals surface area (Å²) >= 11 is 0. The quantitative estimate of drug-likeness (QED) is 0.586. The SMILES string of the molecule is CC1=C(C=O)[C@@H](CC(=O)c2ccccc2)CC1. The van der Waals surface area contributed by atoms with Crippen LogP contribution in [0.1, 0.15) is 36.5 Å². The minimum absolute atomic E-state index is 0.125. The Hall–Kier alpha value is -1.70. The summed E-state index contributed by atoms with van der Waals surface area (Å²) in [7, 11) is 0. The van der Waals surface area contributed by atoms with Crippen molar-refractivity contribution in [2.75, 3.05) is 0 Å². The lowest BCUT2D eigenvalue weighted by Gasteiger charge is -2.09. The van der Waals surface area contributed by atoms with Crippen molar-refractivity contribution in [2.24, 2.45) is 5.92 Å². The molecule has 0 radical (unpaired) electrons. The van der Waals surface area contributed by atoms with Gasteiger partial charge in [0.2, 0.25) is 0 Å². The molecule has 0 unspecified atom stereocenters. The van der Waals surface area contributed by atoms with E-state index in [0.717, 1.165) is 35.8 Å². The van der Waals surface area contributed by atoms with Crippen LogP contribution in [0.25, 0.3) is 0 Å². The number of hydrogen-bond donors (Lipinski definition) is 0. The fourth-order valence-corrected chi connectivity index (χ4v) is 2.41. The Labute approximate surface area is 101 Å². The molecule has 2 rings (SSSR count). The fourth-order valence-electron chi connectivity index (χ4n) is 2.41. The Morgan fingerprint density at radius 2 is 2.06 bits per heavy atom. The maximum Gasteiger partial charge on any atom is 0.163 e. The summed E-state index contributed by atoms with van der Waals surface area (Å²) in [5.74, 6) is 0.254. The molecule has 0 N–H and O–H groups in total. The molecule has 1 aromatic rings. The minimum atomic E-state index is 0.125. The first kappa shape index (κ1) is 11.8. The first-order valence-corrected chi connectivity index (χ1v) is 5.95. The number of carbonyl (C=O) groups is 2. The van der Waals surface area contributed by atoms with Crippen molar-refractivity contribution in [2.45, 2.75) is 26.2 Å². The maximum atomic E-state index is 12.0. The van der Waals surface area contributed by atoms with Crippen molar-refractivity contribution >= 4 is 12.1 Å². The van der Waals surface area contributed by atoms with Gasteiger partial charge in [0.15, 0.2) is 5.78 Å². The highest BCUT2D eigenvalue weighted by atomic mass is 16.1. The first-order chi connectivity index (χ1) is 8.22. The number of aldehydes is 1. The van der Waals surface area contributed by atoms with Gasteiger partial charge in [-0.3, -0.25) is 9.59 Å². The molecule has 0 heterocycles. The molecule has 0 saturated heterocycles. The normalized spacial score (nSPS) is 19.5. The van der Waals surface area contributed by atoms with E-state index in [1.807, 2.05) is 37.3 Å². The van der Waals surface area contributed by atoms with E-state index >= 15 is 0 Å². The third-order valence-corrected chi connectivity index (χ3v) is 3.45.